The van der Waals surface area contributed by atoms with Gasteiger partial charge in [0.1, 0.15) is 11.6 Å². The molecule has 0 unspecified atom stereocenters. The van der Waals surface area contributed by atoms with Gasteiger partial charge in [-0.3, -0.25) is 9.55 Å². The number of rotatable bonds is 6. The predicted molar refractivity (Wildman–Crippen MR) is 263 cm³/mol. The maximum absolute atomic E-state index is 12.5. The summed E-state index contributed by atoms with van der Waals surface area (Å²) in [5.41, 5.74) is 11.6. The highest BCUT2D eigenvalue weighted by molar-refractivity contribution is 5.98. The van der Waals surface area contributed by atoms with Crippen molar-refractivity contribution in [2.45, 2.75) is 105 Å². The second-order valence-corrected chi connectivity index (χ2v) is 20.7. The summed E-state index contributed by atoms with van der Waals surface area (Å²) in [7, 11) is 0. The van der Waals surface area contributed by atoms with Crippen molar-refractivity contribution in [3.8, 4) is 67.5 Å². The van der Waals surface area contributed by atoms with Crippen LogP contribution in [0.2, 0.25) is 0 Å². The van der Waals surface area contributed by atoms with E-state index in [1.807, 2.05) is 72.8 Å². The minimum atomic E-state index is -0.450. The number of aromatic nitrogens is 3. The van der Waals surface area contributed by atoms with Crippen LogP contribution in [0.5, 0.6) is 5.75 Å². The fourth-order valence-corrected chi connectivity index (χ4v) is 8.23. The molecule has 0 saturated carbocycles. The minimum absolute atomic E-state index is 0.0964. The van der Waals surface area contributed by atoms with Crippen LogP contribution in [0.3, 0.4) is 0 Å². The summed E-state index contributed by atoms with van der Waals surface area (Å²) in [4.78, 5) is 10.4. The molecule has 2 aromatic heterocycles. The van der Waals surface area contributed by atoms with E-state index in [2.05, 4.69) is 124 Å². The Balaban J connectivity index is 1.51. The van der Waals surface area contributed by atoms with Crippen LogP contribution in [0, 0.1) is 0 Å². The van der Waals surface area contributed by atoms with Gasteiger partial charge in [-0.2, -0.15) is 0 Å². The van der Waals surface area contributed by atoms with Crippen LogP contribution in [0.4, 0.5) is 0 Å². The molecule has 8 rings (SSSR count). The molecule has 0 amide bonds. The molecule has 314 valence electrons. The Kier molecular flexibility index (Phi) is 9.15. The van der Waals surface area contributed by atoms with E-state index >= 15 is 0 Å². The summed E-state index contributed by atoms with van der Waals surface area (Å²) in [5, 5.41) is 12.5. The molecule has 0 aliphatic carbocycles. The van der Waals surface area contributed by atoms with E-state index in [4.69, 9.17) is 16.8 Å². The lowest BCUT2D eigenvalue weighted by atomic mass is 9.78. The first-order valence-electron chi connectivity index (χ1n) is 24.1. The van der Waals surface area contributed by atoms with E-state index in [0.717, 1.165) is 50.1 Å². The van der Waals surface area contributed by atoms with Crippen molar-refractivity contribution in [3.05, 3.63) is 168 Å². The van der Waals surface area contributed by atoms with Crippen LogP contribution in [-0.2, 0) is 21.7 Å². The van der Waals surface area contributed by atoms with Gasteiger partial charge in [-0.05, 0) is 115 Å². The number of benzene rings is 6. The average Bonchev–Trinajstić information content (AvgIpc) is 3.66. The highest BCUT2D eigenvalue weighted by atomic mass is 16.3. The minimum Gasteiger partial charge on any atom is -0.507 e. The van der Waals surface area contributed by atoms with E-state index in [-0.39, 0.29) is 45.1 Å². The second-order valence-electron chi connectivity index (χ2n) is 20.7. The van der Waals surface area contributed by atoms with Crippen LogP contribution in [0.15, 0.2) is 146 Å². The third-order valence-corrected chi connectivity index (χ3v) is 11.8. The third kappa shape index (κ3) is 8.23. The van der Waals surface area contributed by atoms with E-state index < -0.39 is 18.1 Å². The lowest BCUT2D eigenvalue weighted by Gasteiger charge is -2.29. The molecular weight excluding hydrogens is 755 g/mol. The molecule has 62 heavy (non-hydrogen) atoms. The first-order valence-corrected chi connectivity index (χ1v) is 21.6. The SMILES string of the molecule is [2H]c1c([2H])c([2H])c(-c2cc(-c3cc(-c4ccccc4)ccn3)cc(-c3cccc4c3nc(-c3cc(C(C)(C)C)cc(C(C)(C)C)c3O)n4-c3ccc(C(C)(C)C)cc3C(C)(C)C)c2)c([2H])c1[2H]. The van der Waals surface area contributed by atoms with Crippen molar-refractivity contribution < 1.29 is 12.0 Å². The van der Waals surface area contributed by atoms with Gasteiger partial charge in [-0.1, -0.05) is 174 Å². The predicted octanol–water partition coefficient (Wildman–Crippen LogP) is 15.7. The summed E-state index contributed by atoms with van der Waals surface area (Å²) in [6.45, 7) is 26.3. The fourth-order valence-electron chi connectivity index (χ4n) is 8.23. The zero-order valence-electron chi connectivity index (χ0n) is 43.3. The summed E-state index contributed by atoms with van der Waals surface area (Å²) < 4.78 is 45.9. The maximum Gasteiger partial charge on any atom is 0.149 e. The van der Waals surface area contributed by atoms with Crippen LogP contribution in [0.25, 0.3) is 72.7 Å². The lowest BCUT2D eigenvalue weighted by Crippen LogP contribution is -2.19. The van der Waals surface area contributed by atoms with Crippen LogP contribution < -0.4 is 0 Å². The Morgan fingerprint density at radius 3 is 1.81 bits per heavy atom. The monoisotopic (exact) mass is 821 g/mol. The topological polar surface area (TPSA) is 50.9 Å². The van der Waals surface area contributed by atoms with Gasteiger partial charge in [0.25, 0.3) is 0 Å². The van der Waals surface area contributed by atoms with Gasteiger partial charge in [0.2, 0.25) is 0 Å². The molecule has 0 fully saturated rings. The quantitative estimate of drug-likeness (QED) is 0.182. The summed E-state index contributed by atoms with van der Waals surface area (Å²) in [6, 6.07) is 35.0. The molecule has 4 nitrogen and oxygen atoms in total. The molecule has 6 aromatic carbocycles. The van der Waals surface area contributed by atoms with Crippen molar-refractivity contribution in [2.24, 2.45) is 0 Å². The smallest absolute Gasteiger partial charge is 0.149 e. The largest absolute Gasteiger partial charge is 0.507 e. The molecule has 4 heteroatoms. The zero-order valence-corrected chi connectivity index (χ0v) is 38.3. The molecule has 0 aliphatic heterocycles. The van der Waals surface area contributed by atoms with Crippen molar-refractivity contribution in [1.29, 1.82) is 0 Å². The highest BCUT2D eigenvalue weighted by Gasteiger charge is 2.31. The second kappa shape index (κ2) is 15.6. The number of phenols is 1. The third-order valence-electron chi connectivity index (χ3n) is 11.8. The highest BCUT2D eigenvalue weighted by Crippen LogP contribution is 2.46. The number of hydrogen-bond acceptors (Lipinski definition) is 3. The number of phenolic OH excluding ortho intramolecular Hbond substituents is 1. The van der Waals surface area contributed by atoms with Gasteiger partial charge in [0.05, 0.1) is 34.8 Å². The molecule has 0 spiro atoms. The Morgan fingerprint density at radius 1 is 0.500 bits per heavy atom. The Labute approximate surface area is 376 Å². The number of hydrogen-bond donors (Lipinski definition) is 1. The van der Waals surface area contributed by atoms with Gasteiger partial charge in [-0.15, -0.1) is 0 Å². The standard InChI is InChI=1S/C58H61N3O/c1-55(2,3)43-26-27-50(47(35-43)57(7,8)9)61-51-25-19-24-45(52(51)60-54(61)46-34-44(56(4,5)6)36-48(53(46)62)58(10,11)12)41-30-40(38-22-17-14-18-23-38)31-42(32-41)49-33-39(28-29-59-49)37-20-15-13-16-21-37/h13-36,62H,1-12H3/i14D,17D,18D,22D,23D. The number of imidazole rings is 1. The van der Waals surface area contributed by atoms with Crippen molar-refractivity contribution >= 4 is 11.0 Å². The average molecular weight is 821 g/mol. The molecular formula is C58H61N3O. The fraction of sp³-hybridized carbons (Fsp3) is 0.276. The number of aromatic hydroxyl groups is 1. The molecule has 0 bridgehead atoms. The van der Waals surface area contributed by atoms with Gasteiger partial charge in [0.15, 0.2) is 0 Å². The molecule has 0 saturated heterocycles. The molecule has 2 heterocycles. The Bertz CT molecular complexity index is 3200. The molecule has 1 N–H and O–H groups in total. The Morgan fingerprint density at radius 2 is 1.15 bits per heavy atom. The van der Waals surface area contributed by atoms with Crippen LogP contribution in [0.1, 0.15) is 112 Å². The van der Waals surface area contributed by atoms with Crippen molar-refractivity contribution in [1.82, 2.24) is 14.5 Å². The van der Waals surface area contributed by atoms with Crippen LogP contribution >= 0.6 is 0 Å². The molecule has 0 aliphatic rings. The maximum atomic E-state index is 12.5. The van der Waals surface area contributed by atoms with E-state index in [1.54, 1.807) is 6.20 Å². The van der Waals surface area contributed by atoms with Crippen molar-refractivity contribution in [3.63, 3.8) is 0 Å². The number of nitrogens with zero attached hydrogens (tertiary/aromatic N) is 3. The van der Waals surface area contributed by atoms with Crippen LogP contribution in [-0.4, -0.2) is 19.6 Å². The van der Waals surface area contributed by atoms with E-state index in [1.165, 1.54) is 5.56 Å². The van der Waals surface area contributed by atoms with Gasteiger partial charge >= 0.3 is 0 Å². The van der Waals surface area contributed by atoms with Gasteiger partial charge < -0.3 is 5.11 Å². The normalized spacial score (nSPS) is 13.7. The molecule has 8 aromatic rings. The molecule has 0 atom stereocenters. The first kappa shape index (κ1) is 36.4. The van der Waals surface area contributed by atoms with Crippen molar-refractivity contribution in [2.75, 3.05) is 0 Å². The molecule has 0 radical (unpaired) electrons. The zero-order chi connectivity index (χ0) is 48.7. The summed E-state index contributed by atoms with van der Waals surface area (Å²) in [6.07, 6.45) is 1.77. The summed E-state index contributed by atoms with van der Waals surface area (Å²) >= 11 is 0. The Hall–Kier alpha value is -6.26. The first-order chi connectivity index (χ1) is 31.3. The van der Waals surface area contributed by atoms with E-state index in [9.17, 15) is 5.11 Å². The van der Waals surface area contributed by atoms with E-state index in [0.29, 0.717) is 33.7 Å². The number of pyridine rings is 1. The van der Waals surface area contributed by atoms with Gasteiger partial charge in [0, 0.05) is 22.9 Å². The number of fused-ring (bicyclic) bond motifs is 1. The summed E-state index contributed by atoms with van der Waals surface area (Å²) in [5.74, 6) is 0.766. The van der Waals surface area contributed by atoms with Gasteiger partial charge in [-0.25, -0.2) is 4.98 Å². The lowest BCUT2D eigenvalue weighted by molar-refractivity contribution is 0.446. The number of para-hydroxylation sites is 1.